The SMILES string of the molecule is Cc1cccc(C(=O)Nc2ncsc2C(=O)O)n1. The predicted octanol–water partition coefficient (Wildman–Crippen LogP) is 1.80. The number of amides is 1. The summed E-state index contributed by atoms with van der Waals surface area (Å²) in [5, 5.41) is 11.3. The molecule has 0 aliphatic rings. The van der Waals surface area contributed by atoms with Gasteiger partial charge in [0.25, 0.3) is 5.91 Å². The molecule has 0 spiro atoms. The van der Waals surface area contributed by atoms with Gasteiger partial charge in [0.2, 0.25) is 0 Å². The zero-order valence-electron chi connectivity index (χ0n) is 9.38. The highest BCUT2D eigenvalue weighted by Gasteiger charge is 2.17. The van der Waals surface area contributed by atoms with Gasteiger partial charge in [0.1, 0.15) is 5.69 Å². The van der Waals surface area contributed by atoms with Gasteiger partial charge in [-0.25, -0.2) is 14.8 Å². The fourth-order valence-corrected chi connectivity index (χ4v) is 1.91. The lowest BCUT2D eigenvalue weighted by molar-refractivity contribution is 0.0703. The largest absolute Gasteiger partial charge is 0.477 e. The quantitative estimate of drug-likeness (QED) is 0.880. The Labute approximate surface area is 106 Å². The molecule has 18 heavy (non-hydrogen) atoms. The van der Waals surface area contributed by atoms with Crippen molar-refractivity contribution in [1.29, 1.82) is 0 Å². The Morgan fingerprint density at radius 2 is 2.17 bits per heavy atom. The number of carboxylic acid groups (broad SMARTS) is 1. The maximum Gasteiger partial charge on any atom is 0.349 e. The van der Waals surface area contributed by atoms with Crippen LogP contribution in [0.25, 0.3) is 0 Å². The summed E-state index contributed by atoms with van der Waals surface area (Å²) < 4.78 is 0. The zero-order valence-corrected chi connectivity index (χ0v) is 10.2. The number of aromatic nitrogens is 2. The minimum Gasteiger partial charge on any atom is -0.477 e. The molecule has 0 radical (unpaired) electrons. The molecular formula is C11H9N3O3S. The maximum absolute atomic E-state index is 11.8. The number of carbonyl (C=O) groups is 2. The summed E-state index contributed by atoms with van der Waals surface area (Å²) in [6, 6.07) is 5.02. The lowest BCUT2D eigenvalue weighted by Gasteiger charge is -2.03. The molecule has 2 aromatic heterocycles. The number of aromatic carboxylic acids is 1. The minimum absolute atomic E-state index is 0.00370. The molecule has 0 saturated heterocycles. The van der Waals surface area contributed by atoms with Crippen LogP contribution < -0.4 is 5.32 Å². The summed E-state index contributed by atoms with van der Waals surface area (Å²) in [4.78, 5) is 30.5. The molecule has 0 aliphatic carbocycles. The third-order valence-corrected chi connectivity index (χ3v) is 2.93. The maximum atomic E-state index is 11.8. The van der Waals surface area contributed by atoms with Gasteiger partial charge in [0.05, 0.1) is 5.51 Å². The van der Waals surface area contributed by atoms with Gasteiger partial charge in [-0.05, 0) is 19.1 Å². The fraction of sp³-hybridized carbons (Fsp3) is 0.0909. The van der Waals surface area contributed by atoms with Crippen LogP contribution in [0, 0.1) is 6.92 Å². The molecule has 0 unspecified atom stereocenters. The number of rotatable bonds is 3. The number of carboxylic acids is 1. The predicted molar refractivity (Wildman–Crippen MR) is 66.0 cm³/mol. The average Bonchev–Trinajstić information content (AvgIpc) is 2.77. The average molecular weight is 263 g/mol. The molecule has 92 valence electrons. The van der Waals surface area contributed by atoms with E-state index in [1.54, 1.807) is 25.1 Å². The van der Waals surface area contributed by atoms with Crippen LogP contribution in [0.1, 0.15) is 25.9 Å². The second-order valence-electron chi connectivity index (χ2n) is 3.45. The number of hydrogen-bond acceptors (Lipinski definition) is 5. The number of aryl methyl sites for hydroxylation is 1. The Balaban J connectivity index is 2.21. The molecule has 7 heteroatoms. The Morgan fingerprint density at radius 1 is 1.39 bits per heavy atom. The molecule has 0 fully saturated rings. The smallest absolute Gasteiger partial charge is 0.349 e. The van der Waals surface area contributed by atoms with Gasteiger partial charge in [0, 0.05) is 5.69 Å². The van der Waals surface area contributed by atoms with Gasteiger partial charge in [-0.15, -0.1) is 11.3 Å². The topological polar surface area (TPSA) is 92.2 Å². The van der Waals surface area contributed by atoms with E-state index in [-0.39, 0.29) is 16.4 Å². The van der Waals surface area contributed by atoms with Crippen molar-refractivity contribution in [2.24, 2.45) is 0 Å². The minimum atomic E-state index is -1.12. The van der Waals surface area contributed by atoms with E-state index < -0.39 is 11.9 Å². The van der Waals surface area contributed by atoms with Crippen molar-refractivity contribution in [3.05, 3.63) is 40.0 Å². The first-order valence-electron chi connectivity index (χ1n) is 4.99. The summed E-state index contributed by atoms with van der Waals surface area (Å²) in [5.41, 5.74) is 2.29. The number of thiazole rings is 1. The number of nitrogens with one attached hydrogen (secondary N) is 1. The molecule has 2 N–H and O–H groups in total. The van der Waals surface area contributed by atoms with Crippen LogP contribution in [0.4, 0.5) is 5.82 Å². The number of hydrogen-bond donors (Lipinski definition) is 2. The summed E-state index contributed by atoms with van der Waals surface area (Å²) in [6.45, 7) is 1.77. The molecule has 0 atom stereocenters. The van der Waals surface area contributed by atoms with Gasteiger partial charge in [-0.3, -0.25) is 4.79 Å². The van der Waals surface area contributed by atoms with Crippen molar-refractivity contribution in [2.75, 3.05) is 5.32 Å². The normalized spacial score (nSPS) is 10.1. The second kappa shape index (κ2) is 4.92. The first-order valence-corrected chi connectivity index (χ1v) is 5.87. The van der Waals surface area contributed by atoms with Gasteiger partial charge >= 0.3 is 5.97 Å². The standard InChI is InChI=1S/C11H9N3O3S/c1-6-3-2-4-7(13-6)10(15)14-9-8(11(16)17)18-5-12-9/h2-5H,1H3,(H,14,15)(H,16,17). The van der Waals surface area contributed by atoms with Gasteiger partial charge in [-0.2, -0.15) is 0 Å². The molecule has 0 bridgehead atoms. The highest BCUT2D eigenvalue weighted by molar-refractivity contribution is 7.12. The number of pyridine rings is 1. The lowest BCUT2D eigenvalue weighted by Crippen LogP contribution is -2.16. The number of nitrogens with zero attached hydrogens (tertiary/aromatic N) is 2. The summed E-state index contributed by atoms with van der Waals surface area (Å²) in [7, 11) is 0. The molecule has 0 aliphatic heterocycles. The fourth-order valence-electron chi connectivity index (χ4n) is 1.33. The molecule has 0 saturated carbocycles. The number of carbonyl (C=O) groups excluding carboxylic acids is 1. The Hall–Kier alpha value is -2.28. The van der Waals surface area contributed by atoms with Crippen molar-refractivity contribution in [3.63, 3.8) is 0 Å². The molecule has 1 amide bonds. The van der Waals surface area contributed by atoms with Crippen LogP contribution in [0.5, 0.6) is 0 Å². The molecule has 0 aromatic carbocycles. The first-order chi connectivity index (χ1) is 8.58. The Bertz CT molecular complexity index is 609. The third-order valence-electron chi connectivity index (χ3n) is 2.11. The third kappa shape index (κ3) is 2.51. The van der Waals surface area contributed by atoms with E-state index in [2.05, 4.69) is 15.3 Å². The van der Waals surface area contributed by atoms with E-state index in [1.807, 2.05) is 0 Å². The summed E-state index contributed by atoms with van der Waals surface area (Å²) in [6.07, 6.45) is 0. The van der Waals surface area contributed by atoms with Gasteiger partial charge < -0.3 is 10.4 Å². The van der Waals surface area contributed by atoms with E-state index in [1.165, 1.54) is 5.51 Å². The van der Waals surface area contributed by atoms with Crippen molar-refractivity contribution < 1.29 is 14.7 Å². The van der Waals surface area contributed by atoms with Crippen LogP contribution in [0.15, 0.2) is 23.7 Å². The molecule has 2 aromatic rings. The molecule has 2 rings (SSSR count). The Kier molecular flexibility index (Phi) is 3.33. The molecule has 6 nitrogen and oxygen atoms in total. The van der Waals surface area contributed by atoms with Crippen LogP contribution >= 0.6 is 11.3 Å². The lowest BCUT2D eigenvalue weighted by atomic mass is 10.3. The monoisotopic (exact) mass is 263 g/mol. The molecule has 2 heterocycles. The van der Waals surface area contributed by atoms with Crippen LogP contribution in [0.2, 0.25) is 0 Å². The zero-order chi connectivity index (χ0) is 13.1. The van der Waals surface area contributed by atoms with Gasteiger partial charge in [0.15, 0.2) is 10.7 Å². The van der Waals surface area contributed by atoms with E-state index >= 15 is 0 Å². The second-order valence-corrected chi connectivity index (χ2v) is 4.31. The summed E-state index contributed by atoms with van der Waals surface area (Å²) >= 11 is 0.952. The highest BCUT2D eigenvalue weighted by atomic mass is 32.1. The Morgan fingerprint density at radius 3 is 2.83 bits per heavy atom. The van der Waals surface area contributed by atoms with Crippen molar-refractivity contribution in [1.82, 2.24) is 9.97 Å². The van der Waals surface area contributed by atoms with E-state index in [9.17, 15) is 9.59 Å². The first kappa shape index (κ1) is 12.2. The van der Waals surface area contributed by atoms with Crippen LogP contribution in [-0.4, -0.2) is 27.0 Å². The van der Waals surface area contributed by atoms with E-state index in [0.717, 1.165) is 11.3 Å². The highest BCUT2D eigenvalue weighted by Crippen LogP contribution is 2.18. The van der Waals surface area contributed by atoms with E-state index in [4.69, 9.17) is 5.11 Å². The van der Waals surface area contributed by atoms with E-state index in [0.29, 0.717) is 5.69 Å². The van der Waals surface area contributed by atoms with Crippen molar-refractivity contribution in [3.8, 4) is 0 Å². The van der Waals surface area contributed by atoms with Crippen LogP contribution in [0.3, 0.4) is 0 Å². The van der Waals surface area contributed by atoms with Crippen LogP contribution in [-0.2, 0) is 0 Å². The number of anilines is 1. The summed E-state index contributed by atoms with van der Waals surface area (Å²) in [5.74, 6) is -1.56. The van der Waals surface area contributed by atoms with Crippen molar-refractivity contribution >= 4 is 29.0 Å². The van der Waals surface area contributed by atoms with Crippen molar-refractivity contribution in [2.45, 2.75) is 6.92 Å². The molecular weight excluding hydrogens is 254 g/mol. The van der Waals surface area contributed by atoms with Gasteiger partial charge in [-0.1, -0.05) is 6.07 Å².